The van der Waals surface area contributed by atoms with E-state index in [1.54, 1.807) is 27.4 Å². The Labute approximate surface area is 143 Å². The maximum Gasteiger partial charge on any atom is 0.243 e. The molecule has 0 aliphatic carbocycles. The van der Waals surface area contributed by atoms with Crippen LogP contribution in [0.1, 0.15) is 19.4 Å². The van der Waals surface area contributed by atoms with Crippen molar-refractivity contribution in [3.05, 3.63) is 23.8 Å². The second-order valence-electron chi connectivity index (χ2n) is 5.88. The quantitative estimate of drug-likeness (QED) is 0.855. The maximum absolute atomic E-state index is 12.8. The summed E-state index contributed by atoms with van der Waals surface area (Å²) in [6, 6.07) is 5.04. The summed E-state index contributed by atoms with van der Waals surface area (Å²) in [6.07, 6.45) is 0.704. The van der Waals surface area contributed by atoms with Gasteiger partial charge in [-0.05, 0) is 37.1 Å². The molecule has 0 aromatic heterocycles. The predicted octanol–water partition coefficient (Wildman–Crippen LogP) is 1.000. The number of benzene rings is 1. The molecule has 23 heavy (non-hydrogen) atoms. The van der Waals surface area contributed by atoms with Crippen LogP contribution in [-0.2, 0) is 21.2 Å². The summed E-state index contributed by atoms with van der Waals surface area (Å²) < 4.78 is 27.2. The molecule has 0 bridgehead atoms. The molecule has 1 saturated heterocycles. The third kappa shape index (κ3) is 3.24. The van der Waals surface area contributed by atoms with Gasteiger partial charge < -0.3 is 10.2 Å². The molecule has 1 atom stereocenters. The topological polar surface area (TPSA) is 69.7 Å². The van der Waals surface area contributed by atoms with Gasteiger partial charge in [-0.1, -0.05) is 0 Å². The van der Waals surface area contributed by atoms with Crippen LogP contribution in [0.3, 0.4) is 0 Å². The highest BCUT2D eigenvalue weighted by atomic mass is 35.5. The summed E-state index contributed by atoms with van der Waals surface area (Å²) in [4.78, 5) is 13.6. The first kappa shape index (κ1) is 18.2. The number of anilines is 1. The van der Waals surface area contributed by atoms with Gasteiger partial charge in [0.05, 0.1) is 4.90 Å². The molecule has 2 heterocycles. The van der Waals surface area contributed by atoms with E-state index in [-0.39, 0.29) is 24.4 Å². The summed E-state index contributed by atoms with van der Waals surface area (Å²) in [5.41, 5.74) is 1.76. The second-order valence-corrected chi connectivity index (χ2v) is 7.77. The molecule has 2 aliphatic heterocycles. The van der Waals surface area contributed by atoms with Crippen molar-refractivity contribution in [3.8, 4) is 0 Å². The summed E-state index contributed by atoms with van der Waals surface area (Å²) in [5, 5.41) is 3.20. The average molecular weight is 360 g/mol. The Morgan fingerprint density at radius 3 is 2.70 bits per heavy atom. The van der Waals surface area contributed by atoms with Crippen molar-refractivity contribution in [1.82, 2.24) is 9.62 Å². The Hall–Kier alpha value is -1.15. The molecule has 1 amide bonds. The van der Waals surface area contributed by atoms with E-state index in [1.807, 2.05) is 6.92 Å². The number of rotatable bonds is 2. The number of fused-ring (bicyclic) bond motifs is 1. The molecule has 2 aliphatic rings. The lowest BCUT2D eigenvalue weighted by molar-refractivity contribution is -0.116. The van der Waals surface area contributed by atoms with Crippen LogP contribution in [0.2, 0.25) is 0 Å². The van der Waals surface area contributed by atoms with Gasteiger partial charge in [-0.25, -0.2) is 8.42 Å². The van der Waals surface area contributed by atoms with E-state index in [9.17, 15) is 13.2 Å². The number of nitrogens with zero attached hydrogens (tertiary/aromatic N) is 2. The van der Waals surface area contributed by atoms with Gasteiger partial charge in [0.25, 0.3) is 0 Å². The van der Waals surface area contributed by atoms with Gasteiger partial charge in [0.15, 0.2) is 0 Å². The number of sulfonamides is 1. The molecule has 3 rings (SSSR count). The van der Waals surface area contributed by atoms with Crippen molar-refractivity contribution in [2.24, 2.45) is 0 Å². The van der Waals surface area contributed by atoms with Gasteiger partial charge in [-0.15, -0.1) is 12.4 Å². The first-order chi connectivity index (χ1) is 10.4. The Morgan fingerprint density at radius 2 is 2.04 bits per heavy atom. The van der Waals surface area contributed by atoms with Gasteiger partial charge in [0.1, 0.15) is 0 Å². The van der Waals surface area contributed by atoms with Crippen LogP contribution in [0.5, 0.6) is 0 Å². The Balaban J connectivity index is 0.00000192. The number of halogens is 1. The lowest BCUT2D eigenvalue weighted by Gasteiger charge is -2.33. The Kier molecular flexibility index (Phi) is 5.35. The van der Waals surface area contributed by atoms with Crippen LogP contribution in [0, 0.1) is 0 Å². The number of amides is 1. The molecule has 0 radical (unpaired) electrons. The monoisotopic (exact) mass is 359 g/mol. The molecular formula is C15H22ClN3O3S. The van der Waals surface area contributed by atoms with Gasteiger partial charge in [-0.2, -0.15) is 4.31 Å². The molecule has 1 fully saturated rings. The highest BCUT2D eigenvalue weighted by Crippen LogP contribution is 2.31. The average Bonchev–Trinajstić information content (AvgIpc) is 2.90. The number of carbonyl (C=O) groups excluding carboxylic acids is 1. The van der Waals surface area contributed by atoms with Crippen molar-refractivity contribution in [2.45, 2.75) is 31.2 Å². The molecule has 0 unspecified atom stereocenters. The van der Waals surface area contributed by atoms with Crippen molar-refractivity contribution in [3.63, 3.8) is 0 Å². The van der Waals surface area contributed by atoms with Crippen LogP contribution >= 0.6 is 12.4 Å². The summed E-state index contributed by atoms with van der Waals surface area (Å²) in [5.74, 6) is -0.00918. The molecule has 1 N–H and O–H groups in total. The van der Waals surface area contributed by atoms with Crippen molar-refractivity contribution in [2.75, 3.05) is 31.1 Å². The van der Waals surface area contributed by atoms with Crippen molar-refractivity contribution >= 4 is 34.0 Å². The SMILES string of the molecule is CC(=O)N1CCc2cc(S(=O)(=O)N3CCNC[C@H]3C)ccc21.Cl. The highest BCUT2D eigenvalue weighted by Gasteiger charge is 2.32. The second kappa shape index (κ2) is 6.76. The van der Waals surface area contributed by atoms with Gasteiger partial charge in [0.2, 0.25) is 15.9 Å². The molecule has 0 saturated carbocycles. The Bertz CT molecular complexity index is 708. The lowest BCUT2D eigenvalue weighted by atomic mass is 10.2. The van der Waals surface area contributed by atoms with Crippen LogP contribution < -0.4 is 10.2 Å². The standard InChI is InChI=1S/C15H21N3O3S.ClH/c1-11-10-16-6-8-18(11)22(20,21)14-3-4-15-13(9-14)5-7-17(15)12(2)19;/h3-4,9,11,16H,5-8,10H2,1-2H3;1H/t11-;/m1./s1. The smallest absolute Gasteiger partial charge is 0.243 e. The molecule has 8 heteroatoms. The largest absolute Gasteiger partial charge is 0.314 e. The summed E-state index contributed by atoms with van der Waals surface area (Å²) >= 11 is 0. The maximum atomic E-state index is 12.8. The predicted molar refractivity (Wildman–Crippen MR) is 91.6 cm³/mol. The number of hydrogen-bond donors (Lipinski definition) is 1. The zero-order valence-corrected chi connectivity index (χ0v) is 14.9. The van der Waals surface area contributed by atoms with E-state index in [2.05, 4.69) is 5.32 Å². The van der Waals surface area contributed by atoms with E-state index in [1.165, 1.54) is 6.92 Å². The fourth-order valence-corrected chi connectivity index (χ4v) is 4.86. The number of hydrogen-bond acceptors (Lipinski definition) is 4. The van der Waals surface area contributed by atoms with Crippen LogP contribution in [-0.4, -0.2) is 50.9 Å². The molecule has 0 spiro atoms. The van der Waals surface area contributed by atoms with Crippen LogP contribution in [0.15, 0.2) is 23.1 Å². The van der Waals surface area contributed by atoms with E-state index in [4.69, 9.17) is 0 Å². The minimum atomic E-state index is -3.48. The molecule has 1 aromatic carbocycles. The minimum Gasteiger partial charge on any atom is -0.314 e. The van der Waals surface area contributed by atoms with Crippen molar-refractivity contribution in [1.29, 1.82) is 0 Å². The van der Waals surface area contributed by atoms with E-state index in [0.29, 0.717) is 37.5 Å². The van der Waals surface area contributed by atoms with E-state index >= 15 is 0 Å². The van der Waals surface area contributed by atoms with Gasteiger partial charge in [0, 0.05) is 44.8 Å². The van der Waals surface area contributed by atoms with Crippen LogP contribution in [0.4, 0.5) is 5.69 Å². The molecular weight excluding hydrogens is 338 g/mol. The van der Waals surface area contributed by atoms with Gasteiger partial charge in [-0.3, -0.25) is 4.79 Å². The first-order valence-corrected chi connectivity index (χ1v) is 8.99. The molecule has 128 valence electrons. The summed E-state index contributed by atoms with van der Waals surface area (Å²) in [6.45, 7) is 5.89. The third-order valence-electron chi connectivity index (χ3n) is 4.37. The van der Waals surface area contributed by atoms with Crippen molar-refractivity contribution < 1.29 is 13.2 Å². The zero-order chi connectivity index (χ0) is 15.9. The number of piperazine rings is 1. The van der Waals surface area contributed by atoms with E-state index in [0.717, 1.165) is 11.3 Å². The van der Waals surface area contributed by atoms with E-state index < -0.39 is 10.0 Å². The van der Waals surface area contributed by atoms with Crippen LogP contribution in [0.25, 0.3) is 0 Å². The normalized spacial score (nSPS) is 21.7. The fraction of sp³-hybridized carbons (Fsp3) is 0.533. The summed E-state index contributed by atoms with van der Waals surface area (Å²) in [7, 11) is -3.48. The molecule has 1 aromatic rings. The minimum absolute atomic E-state index is 0. The zero-order valence-electron chi connectivity index (χ0n) is 13.3. The highest BCUT2D eigenvalue weighted by molar-refractivity contribution is 7.89. The number of carbonyl (C=O) groups is 1. The molecule has 6 nitrogen and oxygen atoms in total. The Morgan fingerprint density at radius 1 is 1.30 bits per heavy atom. The fourth-order valence-electron chi connectivity index (χ4n) is 3.18. The third-order valence-corrected chi connectivity index (χ3v) is 6.38. The first-order valence-electron chi connectivity index (χ1n) is 7.55. The number of nitrogens with one attached hydrogen (secondary N) is 1. The van der Waals surface area contributed by atoms with Gasteiger partial charge >= 0.3 is 0 Å². The lowest BCUT2D eigenvalue weighted by Crippen LogP contribution is -2.52.